The number of ether oxygens (including phenoxy) is 1. The quantitative estimate of drug-likeness (QED) is 0.906. The molecule has 17 heavy (non-hydrogen) atoms. The van der Waals surface area contributed by atoms with Crippen molar-refractivity contribution in [1.29, 1.82) is 0 Å². The molecule has 90 valence electrons. The summed E-state index contributed by atoms with van der Waals surface area (Å²) >= 11 is 3.33. The lowest BCUT2D eigenvalue weighted by Gasteiger charge is -2.29. The second-order valence-corrected chi connectivity index (χ2v) is 4.58. The number of fused-ring (bicyclic) bond motifs is 1. The third-order valence-corrected chi connectivity index (χ3v) is 2.94. The monoisotopic (exact) mass is 298 g/mol. The number of benzene rings is 1. The van der Waals surface area contributed by atoms with Crippen LogP contribution in [0.15, 0.2) is 22.7 Å². The minimum Gasteiger partial charge on any atom is -0.482 e. The van der Waals surface area contributed by atoms with E-state index in [0.717, 1.165) is 4.47 Å². The van der Waals surface area contributed by atoms with Crippen LogP contribution >= 0.6 is 15.9 Å². The molecule has 5 nitrogen and oxygen atoms in total. The van der Waals surface area contributed by atoms with E-state index in [1.54, 1.807) is 12.1 Å². The van der Waals surface area contributed by atoms with Gasteiger partial charge in [-0.05, 0) is 18.2 Å². The number of anilines is 1. The molecule has 1 heterocycles. The highest BCUT2D eigenvalue weighted by Gasteiger charge is 2.25. The number of nitrogens with two attached hydrogens (primary N) is 1. The highest BCUT2D eigenvalue weighted by molar-refractivity contribution is 9.10. The molecule has 1 aromatic rings. The van der Waals surface area contributed by atoms with Crippen molar-refractivity contribution in [2.24, 2.45) is 5.73 Å². The zero-order chi connectivity index (χ0) is 12.4. The van der Waals surface area contributed by atoms with Crippen molar-refractivity contribution >= 4 is 33.4 Å². The van der Waals surface area contributed by atoms with Crippen LogP contribution in [0.4, 0.5) is 5.69 Å². The van der Waals surface area contributed by atoms with E-state index < -0.39 is 5.91 Å². The molecule has 0 radical (unpaired) electrons. The SMILES string of the molecule is NC(=O)CCN1C(=O)COc2cc(Br)ccc21. The molecule has 0 fully saturated rings. The van der Waals surface area contributed by atoms with Crippen molar-refractivity contribution in [2.75, 3.05) is 18.1 Å². The summed E-state index contributed by atoms with van der Waals surface area (Å²) in [7, 11) is 0. The number of primary amides is 1. The Balaban J connectivity index is 2.27. The average Bonchev–Trinajstić information content (AvgIpc) is 2.27. The highest BCUT2D eigenvalue weighted by atomic mass is 79.9. The van der Waals surface area contributed by atoms with Crippen LogP contribution in [0.2, 0.25) is 0 Å². The van der Waals surface area contributed by atoms with Gasteiger partial charge in [-0.15, -0.1) is 0 Å². The molecule has 0 spiro atoms. The molecule has 1 aliphatic heterocycles. The van der Waals surface area contributed by atoms with Crippen molar-refractivity contribution < 1.29 is 14.3 Å². The predicted octanol–water partition coefficient (Wildman–Crippen LogP) is 1.05. The molecular formula is C11H11BrN2O3. The maximum absolute atomic E-state index is 11.7. The second-order valence-electron chi connectivity index (χ2n) is 3.66. The third-order valence-electron chi connectivity index (χ3n) is 2.45. The normalized spacial score (nSPS) is 14.2. The molecule has 6 heteroatoms. The van der Waals surface area contributed by atoms with Crippen molar-refractivity contribution in [3.8, 4) is 5.75 Å². The Kier molecular flexibility index (Phi) is 3.33. The topological polar surface area (TPSA) is 72.6 Å². The lowest BCUT2D eigenvalue weighted by molar-refractivity contribution is -0.121. The number of halogens is 1. The van der Waals surface area contributed by atoms with Crippen LogP contribution in [0.1, 0.15) is 6.42 Å². The summed E-state index contributed by atoms with van der Waals surface area (Å²) in [6.45, 7) is 0.272. The van der Waals surface area contributed by atoms with Gasteiger partial charge in [-0.25, -0.2) is 0 Å². The van der Waals surface area contributed by atoms with Gasteiger partial charge in [-0.3, -0.25) is 9.59 Å². The van der Waals surface area contributed by atoms with E-state index in [1.165, 1.54) is 4.90 Å². The van der Waals surface area contributed by atoms with Crippen LogP contribution < -0.4 is 15.4 Å². The summed E-state index contributed by atoms with van der Waals surface area (Å²) in [5.74, 6) is 0.0347. The first-order chi connectivity index (χ1) is 8.08. The van der Waals surface area contributed by atoms with Crippen molar-refractivity contribution in [3.63, 3.8) is 0 Å². The van der Waals surface area contributed by atoms with Crippen LogP contribution in [0, 0.1) is 0 Å². The number of hydrogen-bond donors (Lipinski definition) is 1. The van der Waals surface area contributed by atoms with E-state index in [9.17, 15) is 9.59 Å². The standard InChI is InChI=1S/C11H11BrN2O3/c12-7-1-2-8-9(5-7)17-6-11(16)14(8)4-3-10(13)15/h1-2,5H,3-4,6H2,(H2,13,15). The molecule has 1 aliphatic rings. The molecule has 0 saturated heterocycles. The summed E-state index contributed by atoms with van der Waals surface area (Å²) in [6.07, 6.45) is 0.140. The molecule has 0 aliphatic carbocycles. The molecule has 2 rings (SSSR count). The van der Waals surface area contributed by atoms with E-state index in [0.29, 0.717) is 11.4 Å². The number of hydrogen-bond acceptors (Lipinski definition) is 3. The van der Waals surface area contributed by atoms with Gasteiger partial charge in [0.25, 0.3) is 5.91 Å². The molecule has 1 aromatic carbocycles. The smallest absolute Gasteiger partial charge is 0.265 e. The Morgan fingerprint density at radius 1 is 1.53 bits per heavy atom. The first-order valence-electron chi connectivity index (χ1n) is 5.09. The summed E-state index contributed by atoms with van der Waals surface area (Å²) in [4.78, 5) is 24.0. The maximum Gasteiger partial charge on any atom is 0.265 e. The van der Waals surface area contributed by atoms with E-state index >= 15 is 0 Å². The van der Waals surface area contributed by atoms with Crippen molar-refractivity contribution in [3.05, 3.63) is 22.7 Å². The first-order valence-corrected chi connectivity index (χ1v) is 5.88. The van der Waals surface area contributed by atoms with Crippen molar-refractivity contribution in [2.45, 2.75) is 6.42 Å². The fourth-order valence-electron chi connectivity index (χ4n) is 1.65. The Morgan fingerprint density at radius 3 is 3.00 bits per heavy atom. The number of carbonyl (C=O) groups is 2. The number of amides is 2. The van der Waals surface area contributed by atoms with E-state index in [4.69, 9.17) is 10.5 Å². The van der Waals surface area contributed by atoms with E-state index in [1.807, 2.05) is 6.07 Å². The van der Waals surface area contributed by atoms with Gasteiger partial charge in [0.2, 0.25) is 5.91 Å². The van der Waals surface area contributed by atoms with Gasteiger partial charge in [-0.2, -0.15) is 0 Å². The molecular weight excluding hydrogens is 288 g/mol. The summed E-state index contributed by atoms with van der Waals surface area (Å²) in [5.41, 5.74) is 5.76. The fraction of sp³-hybridized carbons (Fsp3) is 0.273. The lowest BCUT2D eigenvalue weighted by Crippen LogP contribution is -2.40. The zero-order valence-electron chi connectivity index (χ0n) is 8.98. The minimum atomic E-state index is -0.428. The molecule has 0 saturated carbocycles. The fourth-order valence-corrected chi connectivity index (χ4v) is 1.99. The number of rotatable bonds is 3. The number of carbonyl (C=O) groups excluding carboxylic acids is 2. The maximum atomic E-state index is 11.7. The van der Waals surface area contributed by atoms with E-state index in [2.05, 4.69) is 15.9 Å². The largest absolute Gasteiger partial charge is 0.482 e. The Morgan fingerprint density at radius 2 is 2.29 bits per heavy atom. The summed E-state index contributed by atoms with van der Waals surface area (Å²) in [5, 5.41) is 0. The van der Waals surface area contributed by atoms with E-state index in [-0.39, 0.29) is 25.5 Å². The lowest BCUT2D eigenvalue weighted by atomic mass is 10.2. The van der Waals surface area contributed by atoms with Gasteiger partial charge in [0.05, 0.1) is 5.69 Å². The van der Waals surface area contributed by atoms with Crippen LogP contribution in [-0.4, -0.2) is 25.0 Å². The van der Waals surface area contributed by atoms with Crippen LogP contribution in [0.5, 0.6) is 5.75 Å². The molecule has 0 bridgehead atoms. The molecule has 0 atom stereocenters. The van der Waals surface area contributed by atoms with Gasteiger partial charge in [0.15, 0.2) is 6.61 Å². The van der Waals surface area contributed by atoms with Gasteiger partial charge < -0.3 is 15.4 Å². The Bertz CT molecular complexity index is 476. The average molecular weight is 299 g/mol. The molecule has 0 unspecified atom stereocenters. The van der Waals surface area contributed by atoms with Gasteiger partial charge in [-0.1, -0.05) is 15.9 Å². The van der Waals surface area contributed by atoms with Gasteiger partial charge in [0.1, 0.15) is 5.75 Å². The third kappa shape index (κ3) is 2.58. The summed E-state index contributed by atoms with van der Waals surface area (Å²) < 4.78 is 6.19. The highest BCUT2D eigenvalue weighted by Crippen LogP contribution is 2.34. The van der Waals surface area contributed by atoms with Crippen LogP contribution in [0.3, 0.4) is 0 Å². The Hall–Kier alpha value is -1.56. The predicted molar refractivity (Wildman–Crippen MR) is 65.8 cm³/mol. The van der Waals surface area contributed by atoms with Crippen LogP contribution in [-0.2, 0) is 9.59 Å². The second kappa shape index (κ2) is 4.75. The van der Waals surface area contributed by atoms with Crippen molar-refractivity contribution in [1.82, 2.24) is 0 Å². The van der Waals surface area contributed by atoms with Gasteiger partial charge in [0, 0.05) is 17.4 Å². The van der Waals surface area contributed by atoms with Gasteiger partial charge >= 0.3 is 0 Å². The Labute approximate surface area is 107 Å². The zero-order valence-corrected chi connectivity index (χ0v) is 10.6. The summed E-state index contributed by atoms with van der Waals surface area (Å²) in [6, 6.07) is 5.38. The van der Waals surface area contributed by atoms with Crippen LogP contribution in [0.25, 0.3) is 0 Å². The number of nitrogens with zero attached hydrogens (tertiary/aromatic N) is 1. The molecule has 2 N–H and O–H groups in total. The minimum absolute atomic E-state index is 0.0117. The molecule has 0 aromatic heterocycles. The first kappa shape index (κ1) is 11.9. The molecule has 2 amide bonds.